The van der Waals surface area contributed by atoms with Crippen LogP contribution in [0.4, 0.5) is 0 Å². The van der Waals surface area contributed by atoms with Crippen molar-refractivity contribution in [3.05, 3.63) is 40.6 Å². The number of pyridine rings is 1. The minimum atomic E-state index is 0.0270. The summed E-state index contributed by atoms with van der Waals surface area (Å²) in [7, 11) is 0. The number of hydrogen-bond acceptors (Lipinski definition) is 5. The first-order valence-corrected chi connectivity index (χ1v) is 7.88. The minimum Gasteiger partial charge on any atom is -0.489 e. The Morgan fingerprint density at radius 3 is 2.86 bits per heavy atom. The fourth-order valence-electron chi connectivity index (χ4n) is 2.41. The Kier molecular flexibility index (Phi) is 4.15. The van der Waals surface area contributed by atoms with Gasteiger partial charge in [-0.15, -0.1) is 11.3 Å². The summed E-state index contributed by atoms with van der Waals surface area (Å²) in [4.78, 5) is 22.5. The Labute approximate surface area is 127 Å². The number of likely N-dealkylation sites (tertiary alicyclic amines) is 1. The van der Waals surface area contributed by atoms with E-state index in [4.69, 9.17) is 4.74 Å². The fraction of sp³-hybridized carbons (Fsp3) is 0.400. The molecule has 3 heterocycles. The molecule has 1 fully saturated rings. The largest absolute Gasteiger partial charge is 0.489 e. The molecule has 0 radical (unpaired) electrons. The number of piperidine rings is 1. The number of carbonyl (C=O) groups is 1. The molecule has 3 rings (SSSR count). The van der Waals surface area contributed by atoms with E-state index in [-0.39, 0.29) is 12.0 Å². The number of aromatic nitrogens is 2. The van der Waals surface area contributed by atoms with Crippen molar-refractivity contribution >= 4 is 17.2 Å². The van der Waals surface area contributed by atoms with Crippen molar-refractivity contribution in [2.24, 2.45) is 0 Å². The van der Waals surface area contributed by atoms with Gasteiger partial charge >= 0.3 is 0 Å². The average Bonchev–Trinajstić information content (AvgIpc) is 2.95. The van der Waals surface area contributed by atoms with Crippen molar-refractivity contribution in [2.75, 3.05) is 13.1 Å². The molecule has 110 valence electrons. The maximum Gasteiger partial charge on any atom is 0.273 e. The zero-order valence-electron chi connectivity index (χ0n) is 11.9. The third-order valence-electron chi connectivity index (χ3n) is 3.50. The van der Waals surface area contributed by atoms with Crippen LogP contribution in [0.25, 0.3) is 0 Å². The van der Waals surface area contributed by atoms with Crippen LogP contribution in [0.15, 0.2) is 29.9 Å². The summed E-state index contributed by atoms with van der Waals surface area (Å²) < 4.78 is 5.88. The van der Waals surface area contributed by atoms with E-state index in [9.17, 15) is 4.79 Å². The van der Waals surface area contributed by atoms with E-state index in [2.05, 4.69) is 9.97 Å². The highest BCUT2D eigenvalue weighted by molar-refractivity contribution is 7.09. The van der Waals surface area contributed by atoms with Crippen LogP contribution in [-0.4, -0.2) is 40.0 Å². The van der Waals surface area contributed by atoms with Crippen LogP contribution in [0.3, 0.4) is 0 Å². The van der Waals surface area contributed by atoms with Crippen LogP contribution < -0.4 is 4.74 Å². The van der Waals surface area contributed by atoms with Gasteiger partial charge in [-0.3, -0.25) is 9.78 Å². The van der Waals surface area contributed by atoms with Gasteiger partial charge in [0.15, 0.2) is 0 Å². The third kappa shape index (κ3) is 3.39. The van der Waals surface area contributed by atoms with Crippen molar-refractivity contribution in [2.45, 2.75) is 25.9 Å². The van der Waals surface area contributed by atoms with Gasteiger partial charge in [0.25, 0.3) is 5.91 Å². The highest BCUT2D eigenvalue weighted by atomic mass is 32.1. The molecule has 0 atom stereocenters. The molecule has 0 bridgehead atoms. The topological polar surface area (TPSA) is 55.3 Å². The summed E-state index contributed by atoms with van der Waals surface area (Å²) in [5, 5.41) is 2.75. The predicted molar refractivity (Wildman–Crippen MR) is 80.6 cm³/mol. The molecule has 21 heavy (non-hydrogen) atoms. The first-order chi connectivity index (χ1) is 10.2. The maximum absolute atomic E-state index is 12.3. The summed E-state index contributed by atoms with van der Waals surface area (Å²) in [5.41, 5.74) is 0.559. The number of ether oxygens (including phenoxy) is 1. The molecule has 2 aromatic rings. The number of thiazole rings is 1. The average molecular weight is 303 g/mol. The first kappa shape index (κ1) is 14.0. The number of carbonyl (C=O) groups excluding carboxylic acids is 1. The molecule has 0 aromatic carbocycles. The summed E-state index contributed by atoms with van der Waals surface area (Å²) >= 11 is 1.51. The molecule has 0 N–H and O–H groups in total. The minimum absolute atomic E-state index is 0.0270. The van der Waals surface area contributed by atoms with E-state index in [1.807, 2.05) is 29.3 Å². The Balaban J connectivity index is 1.54. The van der Waals surface area contributed by atoms with Crippen molar-refractivity contribution in [1.82, 2.24) is 14.9 Å². The second-order valence-electron chi connectivity index (χ2n) is 5.05. The fourth-order valence-corrected chi connectivity index (χ4v) is 3.00. The Morgan fingerprint density at radius 1 is 1.43 bits per heavy atom. The lowest BCUT2D eigenvalue weighted by Gasteiger charge is -2.31. The molecule has 1 aliphatic heterocycles. The van der Waals surface area contributed by atoms with Gasteiger partial charge < -0.3 is 9.64 Å². The zero-order chi connectivity index (χ0) is 14.7. The van der Waals surface area contributed by atoms with Crippen LogP contribution in [0.1, 0.15) is 28.3 Å². The lowest BCUT2D eigenvalue weighted by atomic mass is 10.1. The van der Waals surface area contributed by atoms with Gasteiger partial charge in [0.05, 0.1) is 11.2 Å². The summed E-state index contributed by atoms with van der Waals surface area (Å²) in [6, 6.07) is 3.77. The number of nitrogens with zero attached hydrogens (tertiary/aromatic N) is 3. The lowest BCUT2D eigenvalue weighted by Crippen LogP contribution is -2.41. The highest BCUT2D eigenvalue weighted by Gasteiger charge is 2.25. The van der Waals surface area contributed by atoms with Crippen LogP contribution >= 0.6 is 11.3 Å². The monoisotopic (exact) mass is 303 g/mol. The number of amides is 1. The van der Waals surface area contributed by atoms with Crippen molar-refractivity contribution in [3.63, 3.8) is 0 Å². The molecular formula is C15H17N3O2S. The van der Waals surface area contributed by atoms with Crippen LogP contribution in [0.2, 0.25) is 0 Å². The van der Waals surface area contributed by atoms with Gasteiger partial charge in [-0.05, 0) is 19.1 Å². The lowest BCUT2D eigenvalue weighted by molar-refractivity contribution is 0.0590. The number of aryl methyl sites for hydroxylation is 1. The quantitative estimate of drug-likeness (QED) is 0.874. The standard InChI is InChI=1S/C15H17N3O2S/c1-11-17-14(10-21-11)15(19)18-7-4-12(5-8-18)20-13-3-2-6-16-9-13/h2-3,6,9-10,12H,4-5,7-8H2,1H3. The highest BCUT2D eigenvalue weighted by Crippen LogP contribution is 2.19. The van der Waals surface area contributed by atoms with Crippen molar-refractivity contribution in [3.8, 4) is 5.75 Å². The Hall–Kier alpha value is -1.95. The SMILES string of the molecule is Cc1nc(C(=O)N2CCC(Oc3cccnc3)CC2)cs1. The van der Waals surface area contributed by atoms with E-state index in [1.54, 1.807) is 12.4 Å². The van der Waals surface area contributed by atoms with Gasteiger partial charge in [-0.25, -0.2) is 4.98 Å². The van der Waals surface area contributed by atoms with Crippen LogP contribution in [0.5, 0.6) is 5.75 Å². The van der Waals surface area contributed by atoms with E-state index in [1.165, 1.54) is 11.3 Å². The van der Waals surface area contributed by atoms with Crippen molar-refractivity contribution < 1.29 is 9.53 Å². The molecule has 1 amide bonds. The predicted octanol–water partition coefficient (Wildman–Crippen LogP) is 2.53. The van der Waals surface area contributed by atoms with E-state index < -0.39 is 0 Å². The molecule has 0 unspecified atom stereocenters. The molecule has 5 nitrogen and oxygen atoms in total. The maximum atomic E-state index is 12.3. The molecule has 1 aliphatic rings. The van der Waals surface area contributed by atoms with E-state index in [0.717, 1.165) is 23.6 Å². The zero-order valence-corrected chi connectivity index (χ0v) is 12.7. The molecule has 2 aromatic heterocycles. The summed E-state index contributed by atoms with van der Waals surface area (Å²) in [5.74, 6) is 0.816. The first-order valence-electron chi connectivity index (χ1n) is 7.00. The molecule has 0 spiro atoms. The number of rotatable bonds is 3. The van der Waals surface area contributed by atoms with Crippen molar-refractivity contribution in [1.29, 1.82) is 0 Å². The summed E-state index contributed by atoms with van der Waals surface area (Å²) in [6.07, 6.45) is 5.27. The Bertz CT molecular complexity index is 606. The smallest absolute Gasteiger partial charge is 0.273 e. The molecule has 0 saturated carbocycles. The Morgan fingerprint density at radius 2 is 2.24 bits per heavy atom. The molecular weight excluding hydrogens is 286 g/mol. The van der Waals surface area contributed by atoms with Gasteiger partial charge in [-0.1, -0.05) is 0 Å². The molecule has 6 heteroatoms. The van der Waals surface area contributed by atoms with Gasteiger partial charge in [0, 0.05) is 37.5 Å². The normalized spacial score (nSPS) is 16.0. The third-order valence-corrected chi connectivity index (χ3v) is 4.28. The van der Waals surface area contributed by atoms with E-state index in [0.29, 0.717) is 18.8 Å². The number of hydrogen-bond donors (Lipinski definition) is 0. The van der Waals surface area contributed by atoms with Gasteiger partial charge in [0.2, 0.25) is 0 Å². The second kappa shape index (κ2) is 6.22. The summed E-state index contributed by atoms with van der Waals surface area (Å²) in [6.45, 7) is 3.33. The van der Waals surface area contributed by atoms with E-state index >= 15 is 0 Å². The molecule has 1 saturated heterocycles. The van der Waals surface area contributed by atoms with Crippen LogP contribution in [-0.2, 0) is 0 Å². The molecule has 0 aliphatic carbocycles. The second-order valence-corrected chi connectivity index (χ2v) is 6.11. The van der Waals surface area contributed by atoms with Gasteiger partial charge in [0.1, 0.15) is 17.5 Å². The van der Waals surface area contributed by atoms with Crippen LogP contribution in [0, 0.1) is 6.92 Å². The van der Waals surface area contributed by atoms with Gasteiger partial charge in [-0.2, -0.15) is 0 Å².